The first kappa shape index (κ1) is 28.3. The fourth-order valence-corrected chi connectivity index (χ4v) is 9.14. The molecule has 1 spiro atoms. The van der Waals surface area contributed by atoms with E-state index in [9.17, 15) is 0 Å². The summed E-state index contributed by atoms with van der Waals surface area (Å²) in [6.07, 6.45) is 0. The molecule has 236 valence electrons. The van der Waals surface area contributed by atoms with Crippen molar-refractivity contribution in [3.8, 4) is 55.9 Å². The van der Waals surface area contributed by atoms with E-state index >= 15 is 0 Å². The van der Waals surface area contributed by atoms with E-state index < -0.39 is 5.41 Å². The van der Waals surface area contributed by atoms with Crippen molar-refractivity contribution < 1.29 is 0 Å². The maximum Gasteiger partial charge on any atom is 0.0725 e. The zero-order valence-corrected chi connectivity index (χ0v) is 27.8. The zero-order valence-electron chi connectivity index (χ0n) is 27.8. The van der Waals surface area contributed by atoms with Crippen LogP contribution in [0, 0.1) is 0 Å². The summed E-state index contributed by atoms with van der Waals surface area (Å²) in [7, 11) is 0. The second-order valence-corrected chi connectivity index (χ2v) is 13.8. The minimum absolute atomic E-state index is 0.422. The molecule has 0 saturated carbocycles. The average molecular weight is 646 g/mol. The lowest BCUT2D eigenvalue weighted by Gasteiger charge is -2.30. The molecule has 0 bridgehead atoms. The zero-order chi connectivity index (χ0) is 33.5. The maximum atomic E-state index is 5.30. The van der Waals surface area contributed by atoms with Crippen LogP contribution in [0.25, 0.3) is 77.4 Å². The van der Waals surface area contributed by atoms with Crippen LogP contribution >= 0.6 is 0 Å². The first-order chi connectivity index (χ1) is 25.3. The van der Waals surface area contributed by atoms with Crippen LogP contribution in [0.3, 0.4) is 0 Å². The molecule has 0 fully saturated rings. The molecular weight excluding hydrogens is 615 g/mol. The summed E-state index contributed by atoms with van der Waals surface area (Å²) in [5.41, 5.74) is 16.8. The summed E-state index contributed by atoms with van der Waals surface area (Å²) in [6.45, 7) is 0. The number of fused-ring (bicyclic) bond motifs is 13. The molecule has 2 aliphatic carbocycles. The molecule has 51 heavy (non-hydrogen) atoms. The topological polar surface area (TPSA) is 12.9 Å². The van der Waals surface area contributed by atoms with Crippen molar-refractivity contribution in [1.29, 1.82) is 0 Å². The summed E-state index contributed by atoms with van der Waals surface area (Å²) >= 11 is 0. The third kappa shape index (κ3) is 3.95. The van der Waals surface area contributed by atoms with Crippen LogP contribution in [0.1, 0.15) is 22.3 Å². The number of hydrogen-bond donors (Lipinski definition) is 0. The van der Waals surface area contributed by atoms with Gasteiger partial charge in [0.2, 0.25) is 0 Å². The van der Waals surface area contributed by atoms with Crippen molar-refractivity contribution in [3.63, 3.8) is 0 Å². The number of rotatable bonds is 3. The molecule has 11 rings (SSSR count). The Labute approximate surface area is 297 Å². The summed E-state index contributed by atoms with van der Waals surface area (Å²) in [4.78, 5) is 5.30. The van der Waals surface area contributed by atoms with Gasteiger partial charge in [0.05, 0.1) is 16.8 Å². The van der Waals surface area contributed by atoms with E-state index in [-0.39, 0.29) is 0 Å². The van der Waals surface area contributed by atoms with Crippen molar-refractivity contribution in [3.05, 3.63) is 210 Å². The molecule has 0 saturated heterocycles. The third-order valence-corrected chi connectivity index (χ3v) is 11.3. The first-order valence-corrected chi connectivity index (χ1v) is 17.7. The van der Waals surface area contributed by atoms with Crippen LogP contribution < -0.4 is 0 Å². The molecule has 2 aliphatic rings. The molecule has 0 aliphatic heterocycles. The molecule has 1 atom stereocenters. The van der Waals surface area contributed by atoms with Gasteiger partial charge in [-0.2, -0.15) is 0 Å². The quantitative estimate of drug-likeness (QED) is 0.186. The lowest BCUT2D eigenvalue weighted by atomic mass is 9.70. The van der Waals surface area contributed by atoms with E-state index in [1.54, 1.807) is 0 Å². The van der Waals surface area contributed by atoms with Gasteiger partial charge in [-0.25, -0.2) is 4.98 Å². The summed E-state index contributed by atoms with van der Waals surface area (Å²) in [6, 6.07) is 69.1. The standard InChI is InChI=1S/C50H31N/c1-2-15-34(16-3-1)46-30-37(31-47(51-46)36-26-25-32-13-4-5-17-35(32)29-36)39-21-12-24-44-49(39)41-20-9-11-23-43(41)50(44)42-22-10-8-19-40(42)48-38-18-7-6-14-33(38)27-28-45(48)50/h1-31H. The number of benzene rings is 8. The van der Waals surface area contributed by atoms with E-state index in [0.717, 1.165) is 22.5 Å². The molecule has 0 amide bonds. The largest absolute Gasteiger partial charge is 0.248 e. The second-order valence-electron chi connectivity index (χ2n) is 13.8. The van der Waals surface area contributed by atoms with Gasteiger partial charge in [0, 0.05) is 11.1 Å². The average Bonchev–Trinajstić information content (AvgIpc) is 3.68. The van der Waals surface area contributed by atoms with Crippen molar-refractivity contribution in [2.45, 2.75) is 5.41 Å². The van der Waals surface area contributed by atoms with E-state index in [0.29, 0.717) is 0 Å². The van der Waals surface area contributed by atoms with Gasteiger partial charge in [0.25, 0.3) is 0 Å². The van der Waals surface area contributed by atoms with Gasteiger partial charge >= 0.3 is 0 Å². The van der Waals surface area contributed by atoms with Gasteiger partial charge in [-0.1, -0.05) is 170 Å². The first-order valence-electron chi connectivity index (χ1n) is 17.7. The number of hydrogen-bond acceptors (Lipinski definition) is 1. The van der Waals surface area contributed by atoms with Crippen LogP contribution in [0.15, 0.2) is 188 Å². The molecular formula is C50H31N. The van der Waals surface area contributed by atoms with Gasteiger partial charge in [-0.15, -0.1) is 0 Å². The Morgan fingerprint density at radius 2 is 0.882 bits per heavy atom. The van der Waals surface area contributed by atoms with Crippen LogP contribution in [0.5, 0.6) is 0 Å². The third-order valence-electron chi connectivity index (χ3n) is 11.3. The van der Waals surface area contributed by atoms with Crippen molar-refractivity contribution >= 4 is 21.5 Å². The van der Waals surface area contributed by atoms with Crippen LogP contribution in [-0.2, 0) is 5.41 Å². The van der Waals surface area contributed by atoms with Gasteiger partial charge in [0.15, 0.2) is 0 Å². The maximum absolute atomic E-state index is 5.30. The van der Waals surface area contributed by atoms with Crippen LogP contribution in [-0.4, -0.2) is 4.98 Å². The highest BCUT2D eigenvalue weighted by molar-refractivity contribution is 6.07. The number of aromatic nitrogens is 1. The Bertz CT molecular complexity index is 2860. The Hall–Kier alpha value is -6.57. The fraction of sp³-hybridized carbons (Fsp3) is 0.0200. The van der Waals surface area contributed by atoms with Gasteiger partial charge in [-0.05, 0) is 95.4 Å². The van der Waals surface area contributed by atoms with Gasteiger partial charge in [-0.3, -0.25) is 0 Å². The molecule has 0 radical (unpaired) electrons. The van der Waals surface area contributed by atoms with Crippen LogP contribution in [0.2, 0.25) is 0 Å². The molecule has 0 N–H and O–H groups in total. The molecule has 9 aromatic rings. The minimum atomic E-state index is -0.422. The summed E-state index contributed by atoms with van der Waals surface area (Å²) in [5, 5.41) is 5.03. The monoisotopic (exact) mass is 645 g/mol. The molecule has 1 unspecified atom stereocenters. The lowest BCUT2D eigenvalue weighted by molar-refractivity contribution is 0.794. The molecule has 1 heterocycles. The van der Waals surface area contributed by atoms with Crippen molar-refractivity contribution in [1.82, 2.24) is 4.98 Å². The van der Waals surface area contributed by atoms with E-state index in [2.05, 4.69) is 188 Å². The summed E-state index contributed by atoms with van der Waals surface area (Å²) in [5.74, 6) is 0. The molecule has 1 aromatic heterocycles. The van der Waals surface area contributed by atoms with Crippen molar-refractivity contribution in [2.24, 2.45) is 0 Å². The lowest BCUT2D eigenvalue weighted by Crippen LogP contribution is -2.25. The molecule has 1 heteroatoms. The van der Waals surface area contributed by atoms with E-state index in [1.165, 1.54) is 77.2 Å². The predicted octanol–water partition coefficient (Wildman–Crippen LogP) is 12.7. The normalized spacial score (nSPS) is 15.1. The minimum Gasteiger partial charge on any atom is -0.248 e. The van der Waals surface area contributed by atoms with Gasteiger partial charge in [0.1, 0.15) is 0 Å². The summed E-state index contributed by atoms with van der Waals surface area (Å²) < 4.78 is 0. The Balaban J connectivity index is 1.21. The number of nitrogens with zero attached hydrogens (tertiary/aromatic N) is 1. The van der Waals surface area contributed by atoms with Crippen molar-refractivity contribution in [2.75, 3.05) is 0 Å². The predicted molar refractivity (Wildman–Crippen MR) is 212 cm³/mol. The van der Waals surface area contributed by atoms with Gasteiger partial charge < -0.3 is 0 Å². The SMILES string of the molecule is c1ccc(-c2cc(-c3cccc4c3-c3ccccc3C43c4ccccc4-c4c3ccc3ccccc43)cc(-c3ccc4ccccc4c3)n2)cc1. The second kappa shape index (κ2) is 10.7. The fourth-order valence-electron chi connectivity index (χ4n) is 9.14. The Morgan fingerprint density at radius 1 is 0.314 bits per heavy atom. The Morgan fingerprint density at radius 3 is 1.69 bits per heavy atom. The number of pyridine rings is 1. The molecule has 8 aromatic carbocycles. The van der Waals surface area contributed by atoms with E-state index in [1.807, 2.05) is 0 Å². The highest BCUT2D eigenvalue weighted by atomic mass is 14.7. The highest BCUT2D eigenvalue weighted by Gasteiger charge is 2.52. The molecule has 1 nitrogen and oxygen atoms in total. The van der Waals surface area contributed by atoms with E-state index in [4.69, 9.17) is 4.98 Å². The highest BCUT2D eigenvalue weighted by Crippen LogP contribution is 2.64. The smallest absolute Gasteiger partial charge is 0.0725 e. The van der Waals surface area contributed by atoms with Crippen LogP contribution in [0.4, 0.5) is 0 Å². The Kier molecular flexibility index (Phi) is 5.94.